The Labute approximate surface area is 101 Å². The number of nitrogen functional groups attached to an aromatic ring is 1. The molecule has 1 saturated heterocycles. The maximum Gasteiger partial charge on any atom is 0.223 e. The minimum atomic E-state index is 0.185. The predicted molar refractivity (Wildman–Crippen MR) is 62.2 cm³/mol. The Hall–Kier alpha value is -0.590. The molecule has 2 rings (SSSR count). The van der Waals surface area contributed by atoms with Crippen LogP contribution in [0.5, 0.6) is 0 Å². The first kappa shape index (κ1) is 10.9. The molecule has 0 radical (unpaired) electrons. The van der Waals surface area contributed by atoms with Gasteiger partial charge < -0.3 is 15.4 Å². The molecule has 0 aliphatic carbocycles. The molecule has 2 N–H and O–H groups in total. The number of anilines is 2. The van der Waals surface area contributed by atoms with Crippen LogP contribution in [0.1, 0.15) is 0 Å². The number of hydrogen-bond donors (Lipinski definition) is 1. The summed E-state index contributed by atoms with van der Waals surface area (Å²) in [6.07, 6.45) is 0. The summed E-state index contributed by atoms with van der Waals surface area (Å²) in [7, 11) is 0. The number of rotatable bonds is 1. The van der Waals surface area contributed by atoms with Gasteiger partial charge in [-0.1, -0.05) is 11.6 Å². The molecule has 1 aromatic rings. The van der Waals surface area contributed by atoms with Crippen molar-refractivity contribution >= 4 is 39.3 Å². The number of nitrogens with zero attached hydrogens (tertiary/aromatic N) is 3. The van der Waals surface area contributed by atoms with Gasteiger partial charge in [-0.05, 0) is 15.9 Å². The van der Waals surface area contributed by atoms with Crippen LogP contribution in [0.4, 0.5) is 11.8 Å². The van der Waals surface area contributed by atoms with E-state index in [0.717, 1.165) is 18.9 Å². The van der Waals surface area contributed by atoms with E-state index < -0.39 is 0 Å². The Morgan fingerprint density at radius 1 is 1.33 bits per heavy atom. The summed E-state index contributed by atoms with van der Waals surface area (Å²) in [6, 6.07) is 0. The van der Waals surface area contributed by atoms with Crippen LogP contribution in [0.2, 0.25) is 5.15 Å². The highest BCUT2D eigenvalue weighted by molar-refractivity contribution is 9.10. The number of hydrogen-bond acceptors (Lipinski definition) is 5. The molecule has 0 unspecified atom stereocenters. The van der Waals surface area contributed by atoms with E-state index in [9.17, 15) is 0 Å². The first-order valence-corrected chi connectivity index (χ1v) is 5.67. The highest BCUT2D eigenvalue weighted by Gasteiger charge is 2.18. The normalized spacial score (nSPS) is 16.8. The molecule has 82 valence electrons. The van der Waals surface area contributed by atoms with Gasteiger partial charge in [0, 0.05) is 13.1 Å². The average Bonchev–Trinajstić information content (AvgIpc) is 2.24. The van der Waals surface area contributed by atoms with E-state index in [1.54, 1.807) is 0 Å². The molecular formula is C8H10BrClN4O. The topological polar surface area (TPSA) is 64.3 Å². The molecule has 0 spiro atoms. The molecule has 0 atom stereocenters. The summed E-state index contributed by atoms with van der Waals surface area (Å²) in [5.74, 6) is 0.917. The summed E-state index contributed by atoms with van der Waals surface area (Å²) in [4.78, 5) is 10.1. The lowest BCUT2D eigenvalue weighted by Gasteiger charge is -2.28. The summed E-state index contributed by atoms with van der Waals surface area (Å²) < 4.78 is 5.94. The summed E-state index contributed by atoms with van der Waals surface area (Å²) >= 11 is 9.26. The van der Waals surface area contributed by atoms with Gasteiger partial charge in [0.25, 0.3) is 0 Å². The number of morpholine rings is 1. The van der Waals surface area contributed by atoms with Gasteiger partial charge in [0.1, 0.15) is 5.82 Å². The zero-order chi connectivity index (χ0) is 10.8. The SMILES string of the molecule is Nc1nc(Cl)c(Br)c(N2CCOCC2)n1. The van der Waals surface area contributed by atoms with Gasteiger partial charge in [-0.2, -0.15) is 9.97 Å². The van der Waals surface area contributed by atoms with Crippen LogP contribution in [0.25, 0.3) is 0 Å². The molecule has 2 heterocycles. The molecule has 0 saturated carbocycles. The Morgan fingerprint density at radius 3 is 2.67 bits per heavy atom. The smallest absolute Gasteiger partial charge is 0.223 e. The minimum absolute atomic E-state index is 0.185. The Morgan fingerprint density at radius 2 is 2.00 bits per heavy atom. The second-order valence-corrected chi connectivity index (χ2v) is 4.26. The lowest BCUT2D eigenvalue weighted by Crippen LogP contribution is -2.37. The van der Waals surface area contributed by atoms with Crippen LogP contribution in [0.3, 0.4) is 0 Å². The van der Waals surface area contributed by atoms with Gasteiger partial charge in [-0.25, -0.2) is 0 Å². The number of aromatic nitrogens is 2. The van der Waals surface area contributed by atoms with Crippen molar-refractivity contribution in [3.8, 4) is 0 Å². The van der Waals surface area contributed by atoms with Crippen molar-refractivity contribution in [2.45, 2.75) is 0 Å². The highest BCUT2D eigenvalue weighted by Crippen LogP contribution is 2.30. The second-order valence-electron chi connectivity index (χ2n) is 3.11. The summed E-state index contributed by atoms with van der Waals surface area (Å²) in [6.45, 7) is 2.94. The number of nitrogens with two attached hydrogens (primary N) is 1. The molecule has 0 aromatic carbocycles. The van der Waals surface area contributed by atoms with Gasteiger partial charge in [0.05, 0.1) is 17.7 Å². The number of halogens is 2. The molecule has 0 bridgehead atoms. The zero-order valence-electron chi connectivity index (χ0n) is 7.91. The first-order chi connectivity index (χ1) is 7.18. The maximum atomic E-state index is 5.90. The third kappa shape index (κ3) is 2.32. The molecule has 1 aliphatic rings. The molecule has 1 aliphatic heterocycles. The van der Waals surface area contributed by atoms with Crippen LogP contribution in [-0.2, 0) is 4.74 Å². The van der Waals surface area contributed by atoms with Gasteiger partial charge in [-0.15, -0.1) is 0 Å². The van der Waals surface area contributed by atoms with Gasteiger partial charge in [-0.3, -0.25) is 0 Å². The Kier molecular flexibility index (Phi) is 3.28. The van der Waals surface area contributed by atoms with E-state index in [0.29, 0.717) is 22.8 Å². The molecule has 15 heavy (non-hydrogen) atoms. The van der Waals surface area contributed by atoms with E-state index in [2.05, 4.69) is 30.8 Å². The highest BCUT2D eigenvalue weighted by atomic mass is 79.9. The van der Waals surface area contributed by atoms with Crippen molar-refractivity contribution in [2.24, 2.45) is 0 Å². The Bertz CT molecular complexity index is 370. The van der Waals surface area contributed by atoms with E-state index in [1.165, 1.54) is 0 Å². The van der Waals surface area contributed by atoms with Gasteiger partial charge >= 0.3 is 0 Å². The summed E-state index contributed by atoms with van der Waals surface area (Å²) in [5, 5.41) is 0.337. The average molecular weight is 294 g/mol. The van der Waals surface area contributed by atoms with Crippen LogP contribution >= 0.6 is 27.5 Å². The maximum absolute atomic E-state index is 5.90. The van der Waals surface area contributed by atoms with E-state index in [1.807, 2.05) is 0 Å². The van der Waals surface area contributed by atoms with Gasteiger partial charge in [0.15, 0.2) is 5.15 Å². The molecule has 0 amide bonds. The first-order valence-electron chi connectivity index (χ1n) is 4.49. The van der Waals surface area contributed by atoms with E-state index in [-0.39, 0.29) is 5.95 Å². The molecule has 5 nitrogen and oxygen atoms in total. The fraction of sp³-hybridized carbons (Fsp3) is 0.500. The van der Waals surface area contributed by atoms with Crippen molar-refractivity contribution < 1.29 is 4.74 Å². The second kappa shape index (κ2) is 4.51. The largest absolute Gasteiger partial charge is 0.378 e. The van der Waals surface area contributed by atoms with Crippen LogP contribution < -0.4 is 10.6 Å². The fourth-order valence-electron chi connectivity index (χ4n) is 1.41. The lowest BCUT2D eigenvalue weighted by molar-refractivity contribution is 0.122. The quantitative estimate of drug-likeness (QED) is 0.791. The fourth-order valence-corrected chi connectivity index (χ4v) is 2.01. The van der Waals surface area contributed by atoms with Gasteiger partial charge in [0.2, 0.25) is 5.95 Å². The molecular weight excluding hydrogens is 283 g/mol. The van der Waals surface area contributed by atoms with E-state index >= 15 is 0 Å². The lowest BCUT2D eigenvalue weighted by atomic mass is 10.4. The minimum Gasteiger partial charge on any atom is -0.378 e. The third-order valence-electron chi connectivity index (χ3n) is 2.12. The Balaban J connectivity index is 2.33. The van der Waals surface area contributed by atoms with Crippen LogP contribution in [0.15, 0.2) is 4.47 Å². The molecule has 1 fully saturated rings. The zero-order valence-corrected chi connectivity index (χ0v) is 10.3. The van der Waals surface area contributed by atoms with Crippen molar-refractivity contribution in [1.82, 2.24) is 9.97 Å². The van der Waals surface area contributed by atoms with Crippen LogP contribution in [-0.4, -0.2) is 36.3 Å². The summed E-state index contributed by atoms with van der Waals surface area (Å²) in [5.41, 5.74) is 5.55. The number of ether oxygens (including phenoxy) is 1. The van der Waals surface area contributed by atoms with E-state index in [4.69, 9.17) is 22.1 Å². The van der Waals surface area contributed by atoms with Crippen molar-refractivity contribution in [1.29, 1.82) is 0 Å². The van der Waals surface area contributed by atoms with Crippen molar-refractivity contribution in [2.75, 3.05) is 36.9 Å². The predicted octanol–water partition coefficient (Wildman–Crippen LogP) is 1.31. The van der Waals surface area contributed by atoms with Crippen LogP contribution in [0, 0.1) is 0 Å². The van der Waals surface area contributed by atoms with Crippen molar-refractivity contribution in [3.05, 3.63) is 9.63 Å². The molecule has 1 aromatic heterocycles. The monoisotopic (exact) mass is 292 g/mol. The third-order valence-corrected chi connectivity index (χ3v) is 3.35. The standard InChI is InChI=1S/C8H10BrClN4O/c9-5-6(10)12-8(11)13-7(5)14-1-3-15-4-2-14/h1-4H2,(H2,11,12,13). The molecule has 7 heteroatoms. The van der Waals surface area contributed by atoms with Crippen molar-refractivity contribution in [3.63, 3.8) is 0 Å².